The van der Waals surface area contributed by atoms with E-state index < -0.39 is 5.97 Å². The van der Waals surface area contributed by atoms with E-state index in [1.54, 1.807) is 19.1 Å². The number of nitrogens with zero attached hydrogens (tertiary/aromatic N) is 5. The van der Waals surface area contributed by atoms with Crippen molar-refractivity contribution < 1.29 is 9.53 Å². The van der Waals surface area contributed by atoms with Crippen molar-refractivity contribution in [1.29, 1.82) is 0 Å². The van der Waals surface area contributed by atoms with Gasteiger partial charge >= 0.3 is 5.97 Å². The van der Waals surface area contributed by atoms with E-state index in [2.05, 4.69) is 30.7 Å². The van der Waals surface area contributed by atoms with Gasteiger partial charge in [-0.3, -0.25) is 0 Å². The van der Waals surface area contributed by atoms with E-state index in [-0.39, 0.29) is 0 Å². The minimum absolute atomic E-state index is 0.402. The van der Waals surface area contributed by atoms with Gasteiger partial charge in [-0.15, -0.1) is 14.8 Å². The Morgan fingerprint density at radius 2 is 2.35 bits per heavy atom. The summed E-state index contributed by atoms with van der Waals surface area (Å²) >= 11 is 0. The van der Waals surface area contributed by atoms with Crippen LogP contribution in [0.2, 0.25) is 0 Å². The molecule has 88 valence electrons. The molecule has 8 nitrogen and oxygen atoms in total. The molecule has 2 aromatic rings. The predicted octanol–water partition coefficient (Wildman–Crippen LogP) is 0.00800. The van der Waals surface area contributed by atoms with Gasteiger partial charge in [-0.05, 0) is 29.5 Å². The van der Waals surface area contributed by atoms with E-state index in [1.807, 2.05) is 0 Å². The maximum Gasteiger partial charge on any atom is 0.334 e. The average Bonchev–Trinajstić information content (AvgIpc) is 2.82. The summed E-state index contributed by atoms with van der Waals surface area (Å²) in [5.41, 5.74) is 0.982. The molecule has 0 atom stereocenters. The molecule has 0 aromatic carbocycles. The molecule has 2 aromatic heterocycles. The minimum Gasteiger partial charge on any atom is -0.466 e. The van der Waals surface area contributed by atoms with E-state index in [4.69, 9.17) is 0 Å². The number of hydrogen-bond acceptors (Lipinski definition) is 7. The molecule has 2 heterocycles. The standard InChI is InChI=1S/C9H10N6O2/c1-6(9(16)17-2)5-10-7-3-4-8-11-13-14-15(8)12-7/h3-5H,1-2H3,(H,10,12)/b6-5-. The molecular formula is C9H10N6O2. The molecule has 0 saturated heterocycles. The number of carbonyl (C=O) groups is 1. The Bertz CT molecular complexity index is 576. The number of aromatic nitrogens is 5. The fourth-order valence-corrected chi connectivity index (χ4v) is 1.13. The largest absolute Gasteiger partial charge is 0.466 e. The number of esters is 1. The average molecular weight is 234 g/mol. The van der Waals surface area contributed by atoms with Gasteiger partial charge in [-0.1, -0.05) is 0 Å². The van der Waals surface area contributed by atoms with Crippen molar-refractivity contribution in [2.75, 3.05) is 12.4 Å². The second-order valence-electron chi connectivity index (χ2n) is 3.21. The summed E-state index contributed by atoms with van der Waals surface area (Å²) in [7, 11) is 1.32. The molecule has 0 radical (unpaired) electrons. The molecule has 0 amide bonds. The highest BCUT2D eigenvalue weighted by atomic mass is 16.5. The van der Waals surface area contributed by atoms with Gasteiger partial charge < -0.3 is 10.1 Å². The zero-order valence-corrected chi connectivity index (χ0v) is 9.28. The Morgan fingerprint density at radius 1 is 1.53 bits per heavy atom. The molecule has 0 bridgehead atoms. The van der Waals surface area contributed by atoms with Crippen LogP contribution < -0.4 is 5.32 Å². The summed E-state index contributed by atoms with van der Waals surface area (Å²) in [6.45, 7) is 1.63. The predicted molar refractivity (Wildman–Crippen MR) is 58.0 cm³/mol. The zero-order chi connectivity index (χ0) is 12.3. The van der Waals surface area contributed by atoms with Crippen LogP contribution in [0.15, 0.2) is 23.9 Å². The number of nitrogens with one attached hydrogen (secondary N) is 1. The summed E-state index contributed by atoms with van der Waals surface area (Å²) in [6.07, 6.45) is 1.50. The van der Waals surface area contributed by atoms with Crippen LogP contribution in [0.3, 0.4) is 0 Å². The van der Waals surface area contributed by atoms with E-state index in [0.717, 1.165) is 0 Å². The molecular weight excluding hydrogens is 224 g/mol. The number of anilines is 1. The van der Waals surface area contributed by atoms with Crippen LogP contribution in [0.5, 0.6) is 0 Å². The summed E-state index contributed by atoms with van der Waals surface area (Å²) < 4.78 is 5.83. The Morgan fingerprint density at radius 3 is 3.12 bits per heavy atom. The zero-order valence-electron chi connectivity index (χ0n) is 9.28. The number of tetrazole rings is 1. The highest BCUT2D eigenvalue weighted by molar-refractivity contribution is 5.87. The Kier molecular flexibility index (Phi) is 2.95. The first-order valence-electron chi connectivity index (χ1n) is 4.78. The fourth-order valence-electron chi connectivity index (χ4n) is 1.13. The third-order valence-corrected chi connectivity index (χ3v) is 2.01. The Balaban J connectivity index is 2.15. The number of rotatable bonds is 3. The summed E-state index contributed by atoms with van der Waals surface area (Å²) in [6, 6.07) is 3.41. The lowest BCUT2D eigenvalue weighted by Crippen LogP contribution is -2.05. The normalized spacial score (nSPS) is 11.5. The lowest BCUT2D eigenvalue weighted by Gasteiger charge is -2.01. The molecule has 0 unspecified atom stereocenters. The first kappa shape index (κ1) is 11.0. The number of fused-ring (bicyclic) bond motifs is 1. The van der Waals surface area contributed by atoms with Crippen LogP contribution >= 0.6 is 0 Å². The fraction of sp³-hybridized carbons (Fsp3) is 0.222. The van der Waals surface area contributed by atoms with Crippen molar-refractivity contribution in [3.63, 3.8) is 0 Å². The third-order valence-electron chi connectivity index (χ3n) is 2.01. The SMILES string of the molecule is COC(=O)/C(C)=C\Nc1ccc2nnnn2n1. The van der Waals surface area contributed by atoms with Gasteiger partial charge in [-0.25, -0.2) is 4.79 Å². The molecule has 0 aliphatic carbocycles. The van der Waals surface area contributed by atoms with Crippen molar-refractivity contribution in [2.45, 2.75) is 6.92 Å². The maximum atomic E-state index is 11.1. The van der Waals surface area contributed by atoms with Crippen molar-refractivity contribution in [3.05, 3.63) is 23.9 Å². The Labute approximate surface area is 96.3 Å². The maximum absolute atomic E-state index is 11.1. The minimum atomic E-state index is -0.402. The van der Waals surface area contributed by atoms with Crippen LogP contribution in [0, 0.1) is 0 Å². The van der Waals surface area contributed by atoms with Gasteiger partial charge in [0.1, 0.15) is 0 Å². The van der Waals surface area contributed by atoms with E-state index in [1.165, 1.54) is 17.9 Å². The molecule has 1 N–H and O–H groups in total. The van der Waals surface area contributed by atoms with Crippen LogP contribution in [-0.2, 0) is 9.53 Å². The van der Waals surface area contributed by atoms with E-state index in [0.29, 0.717) is 17.0 Å². The monoisotopic (exact) mass is 234 g/mol. The number of methoxy groups -OCH3 is 1. The van der Waals surface area contributed by atoms with E-state index in [9.17, 15) is 4.79 Å². The molecule has 0 fully saturated rings. The molecule has 0 spiro atoms. The molecule has 17 heavy (non-hydrogen) atoms. The number of ether oxygens (including phenoxy) is 1. The van der Waals surface area contributed by atoms with E-state index >= 15 is 0 Å². The summed E-state index contributed by atoms with van der Waals surface area (Å²) in [5, 5.41) is 17.7. The second kappa shape index (κ2) is 4.56. The second-order valence-corrected chi connectivity index (χ2v) is 3.21. The topological polar surface area (TPSA) is 94.3 Å². The Hall–Kier alpha value is -2.51. The first-order valence-corrected chi connectivity index (χ1v) is 4.78. The van der Waals surface area contributed by atoms with Gasteiger partial charge in [0.2, 0.25) is 0 Å². The van der Waals surface area contributed by atoms with Gasteiger partial charge in [-0.2, -0.15) is 0 Å². The first-order chi connectivity index (χ1) is 8.20. The summed E-state index contributed by atoms with van der Waals surface area (Å²) in [5.74, 6) is 0.119. The van der Waals surface area contributed by atoms with Crippen LogP contribution in [0.4, 0.5) is 5.82 Å². The van der Waals surface area contributed by atoms with Crippen LogP contribution in [0.1, 0.15) is 6.92 Å². The van der Waals surface area contributed by atoms with Crippen LogP contribution in [0.25, 0.3) is 5.65 Å². The van der Waals surface area contributed by atoms with Crippen molar-refractivity contribution in [2.24, 2.45) is 0 Å². The third kappa shape index (κ3) is 2.36. The lowest BCUT2D eigenvalue weighted by molar-refractivity contribution is -0.136. The molecule has 0 saturated carbocycles. The van der Waals surface area contributed by atoms with Gasteiger partial charge in [0.25, 0.3) is 0 Å². The summed E-state index contributed by atoms with van der Waals surface area (Å²) in [4.78, 5) is 11.1. The van der Waals surface area contributed by atoms with Crippen molar-refractivity contribution >= 4 is 17.4 Å². The highest BCUT2D eigenvalue weighted by Crippen LogP contribution is 2.04. The molecule has 8 heteroatoms. The van der Waals surface area contributed by atoms with Gasteiger partial charge in [0, 0.05) is 6.20 Å². The molecule has 0 aliphatic rings. The lowest BCUT2D eigenvalue weighted by atomic mass is 10.3. The molecule has 2 rings (SSSR count). The van der Waals surface area contributed by atoms with Gasteiger partial charge in [0.05, 0.1) is 12.7 Å². The quantitative estimate of drug-likeness (QED) is 0.590. The smallest absolute Gasteiger partial charge is 0.334 e. The van der Waals surface area contributed by atoms with Crippen molar-refractivity contribution in [1.82, 2.24) is 25.3 Å². The van der Waals surface area contributed by atoms with Gasteiger partial charge in [0.15, 0.2) is 11.5 Å². The van der Waals surface area contributed by atoms with Crippen LogP contribution in [-0.4, -0.2) is 38.3 Å². The highest BCUT2D eigenvalue weighted by Gasteiger charge is 2.03. The van der Waals surface area contributed by atoms with Crippen molar-refractivity contribution in [3.8, 4) is 0 Å². The number of carbonyl (C=O) groups excluding carboxylic acids is 1. The number of hydrogen-bond donors (Lipinski definition) is 1. The molecule has 0 aliphatic heterocycles.